The minimum absolute atomic E-state index is 0.0285. The van der Waals surface area contributed by atoms with Crippen LogP contribution in [0.3, 0.4) is 0 Å². The highest BCUT2D eigenvalue weighted by atomic mass is 19.4. The first-order valence-electron chi connectivity index (χ1n) is 5.34. The van der Waals surface area contributed by atoms with E-state index in [2.05, 4.69) is 15.2 Å². The number of hydrogen-bond donors (Lipinski definition) is 0. The molecule has 0 atom stereocenters. The van der Waals surface area contributed by atoms with Crippen molar-refractivity contribution >= 4 is 0 Å². The Morgan fingerprint density at radius 1 is 1.11 bits per heavy atom. The van der Waals surface area contributed by atoms with Crippen LogP contribution in [0, 0.1) is 0 Å². The Bertz CT molecular complexity index is 532. The summed E-state index contributed by atoms with van der Waals surface area (Å²) in [6, 6.07) is 2.39. The maximum Gasteiger partial charge on any atom is 0.433 e. The molecule has 0 spiro atoms. The molecule has 96 valence electrons. The summed E-state index contributed by atoms with van der Waals surface area (Å²) in [4.78, 5) is 4.72. The van der Waals surface area contributed by atoms with E-state index in [0.29, 0.717) is 5.56 Å². The summed E-state index contributed by atoms with van der Waals surface area (Å²) in [7, 11) is 0. The third-order valence-corrected chi connectivity index (χ3v) is 2.43. The molecular weight excluding hydrogens is 245 g/mol. The minimum atomic E-state index is -4.47. The highest BCUT2D eigenvalue weighted by Crippen LogP contribution is 2.30. The maximum absolute atomic E-state index is 12.6. The van der Waals surface area contributed by atoms with Crippen LogP contribution in [-0.4, -0.2) is 20.0 Å². The summed E-state index contributed by atoms with van der Waals surface area (Å²) in [5.74, 6) is 0.144. The summed E-state index contributed by atoms with van der Waals surface area (Å²) in [6.07, 6.45) is -1.69. The number of nitrogens with zero attached hydrogens (tertiary/aromatic N) is 4. The highest BCUT2D eigenvalue weighted by molar-refractivity contribution is 5.36. The number of aromatic nitrogens is 4. The topological polar surface area (TPSA) is 43.6 Å². The molecule has 4 nitrogen and oxygen atoms in total. The zero-order valence-corrected chi connectivity index (χ0v) is 9.81. The monoisotopic (exact) mass is 256 g/mol. The molecule has 2 rings (SSSR count). The standard InChI is InChI=1S/C11H11F3N4/c1-7(2)8-3-4-9(11(12,13)14)17-10(8)18-15-5-6-16-18/h3-7H,1-2H3. The number of rotatable bonds is 2. The second-order valence-corrected chi connectivity index (χ2v) is 4.08. The lowest BCUT2D eigenvalue weighted by Crippen LogP contribution is -2.14. The van der Waals surface area contributed by atoms with Gasteiger partial charge in [0.2, 0.25) is 0 Å². The summed E-state index contributed by atoms with van der Waals surface area (Å²) >= 11 is 0. The zero-order chi connectivity index (χ0) is 13.3. The van der Waals surface area contributed by atoms with Gasteiger partial charge in [0.05, 0.1) is 12.4 Å². The van der Waals surface area contributed by atoms with Crippen LogP contribution in [0.25, 0.3) is 5.82 Å². The molecule has 7 heteroatoms. The van der Waals surface area contributed by atoms with Crippen molar-refractivity contribution in [2.75, 3.05) is 0 Å². The predicted molar refractivity (Wildman–Crippen MR) is 58.2 cm³/mol. The Morgan fingerprint density at radius 3 is 2.22 bits per heavy atom. The minimum Gasteiger partial charge on any atom is -0.222 e. The van der Waals surface area contributed by atoms with E-state index < -0.39 is 11.9 Å². The van der Waals surface area contributed by atoms with Gasteiger partial charge in [-0.1, -0.05) is 19.9 Å². The maximum atomic E-state index is 12.6. The first kappa shape index (κ1) is 12.5. The number of halogens is 3. The van der Waals surface area contributed by atoms with Gasteiger partial charge in [0.25, 0.3) is 0 Å². The van der Waals surface area contributed by atoms with Crippen molar-refractivity contribution in [3.8, 4) is 5.82 Å². The van der Waals surface area contributed by atoms with Crippen LogP contribution in [-0.2, 0) is 6.18 Å². The first-order chi connectivity index (χ1) is 8.39. The fourth-order valence-corrected chi connectivity index (χ4v) is 1.55. The van der Waals surface area contributed by atoms with Crippen molar-refractivity contribution in [1.82, 2.24) is 20.0 Å². The Labute approximate surface area is 101 Å². The Hall–Kier alpha value is -1.92. The number of hydrogen-bond acceptors (Lipinski definition) is 3. The molecule has 0 saturated carbocycles. The molecule has 0 aliphatic rings. The van der Waals surface area contributed by atoms with E-state index in [1.165, 1.54) is 18.5 Å². The van der Waals surface area contributed by atoms with Crippen LogP contribution in [0.4, 0.5) is 13.2 Å². The molecule has 0 bridgehead atoms. The molecule has 0 amide bonds. The lowest BCUT2D eigenvalue weighted by Gasteiger charge is -2.13. The fourth-order valence-electron chi connectivity index (χ4n) is 1.55. The molecule has 0 aliphatic heterocycles. The third kappa shape index (κ3) is 2.34. The predicted octanol–water partition coefficient (Wildman–Crippen LogP) is 2.80. The van der Waals surface area contributed by atoms with E-state index in [-0.39, 0.29) is 11.7 Å². The zero-order valence-electron chi connectivity index (χ0n) is 9.81. The van der Waals surface area contributed by atoms with Gasteiger partial charge < -0.3 is 0 Å². The van der Waals surface area contributed by atoms with E-state index in [0.717, 1.165) is 10.9 Å². The van der Waals surface area contributed by atoms with Crippen LogP contribution in [0.5, 0.6) is 0 Å². The quantitative estimate of drug-likeness (QED) is 0.829. The van der Waals surface area contributed by atoms with Crippen molar-refractivity contribution in [2.24, 2.45) is 0 Å². The largest absolute Gasteiger partial charge is 0.433 e. The van der Waals surface area contributed by atoms with Crippen molar-refractivity contribution < 1.29 is 13.2 Å². The van der Waals surface area contributed by atoms with Crippen LogP contribution >= 0.6 is 0 Å². The number of pyridine rings is 1. The van der Waals surface area contributed by atoms with Crippen LogP contribution in [0.2, 0.25) is 0 Å². The van der Waals surface area contributed by atoms with Crippen LogP contribution < -0.4 is 0 Å². The van der Waals surface area contributed by atoms with E-state index in [9.17, 15) is 13.2 Å². The molecule has 0 unspecified atom stereocenters. The lowest BCUT2D eigenvalue weighted by atomic mass is 10.0. The Morgan fingerprint density at radius 2 is 1.72 bits per heavy atom. The molecule has 2 heterocycles. The van der Waals surface area contributed by atoms with Gasteiger partial charge in [0.15, 0.2) is 5.82 Å². The van der Waals surface area contributed by atoms with Gasteiger partial charge in [-0.05, 0) is 12.0 Å². The van der Waals surface area contributed by atoms with Gasteiger partial charge in [0, 0.05) is 5.56 Å². The van der Waals surface area contributed by atoms with Gasteiger partial charge in [-0.15, -0.1) is 4.80 Å². The normalized spacial score (nSPS) is 12.1. The van der Waals surface area contributed by atoms with E-state index in [1.54, 1.807) is 0 Å². The first-order valence-corrected chi connectivity index (χ1v) is 5.34. The van der Waals surface area contributed by atoms with Gasteiger partial charge in [-0.3, -0.25) is 0 Å². The fraction of sp³-hybridized carbons (Fsp3) is 0.364. The summed E-state index contributed by atoms with van der Waals surface area (Å²) in [5.41, 5.74) is -0.279. The highest BCUT2D eigenvalue weighted by Gasteiger charge is 2.33. The molecule has 0 radical (unpaired) electrons. The average molecular weight is 256 g/mol. The smallest absolute Gasteiger partial charge is 0.222 e. The number of alkyl halides is 3. The van der Waals surface area contributed by atoms with Gasteiger partial charge in [-0.25, -0.2) is 4.98 Å². The molecule has 2 aromatic rings. The molecule has 18 heavy (non-hydrogen) atoms. The van der Waals surface area contributed by atoms with Crippen LogP contribution in [0.1, 0.15) is 31.0 Å². The average Bonchev–Trinajstić information content (AvgIpc) is 2.80. The van der Waals surface area contributed by atoms with Gasteiger partial charge >= 0.3 is 6.18 Å². The van der Waals surface area contributed by atoms with Crippen molar-refractivity contribution in [1.29, 1.82) is 0 Å². The molecule has 0 aromatic carbocycles. The van der Waals surface area contributed by atoms with Crippen molar-refractivity contribution in [3.05, 3.63) is 35.8 Å². The molecule has 2 aromatic heterocycles. The van der Waals surface area contributed by atoms with E-state index >= 15 is 0 Å². The van der Waals surface area contributed by atoms with Crippen molar-refractivity contribution in [3.63, 3.8) is 0 Å². The molecule has 0 N–H and O–H groups in total. The van der Waals surface area contributed by atoms with Gasteiger partial charge in [0.1, 0.15) is 5.69 Å². The third-order valence-electron chi connectivity index (χ3n) is 2.43. The lowest BCUT2D eigenvalue weighted by molar-refractivity contribution is -0.141. The van der Waals surface area contributed by atoms with Gasteiger partial charge in [-0.2, -0.15) is 23.4 Å². The molecule has 0 saturated heterocycles. The SMILES string of the molecule is CC(C)c1ccc(C(F)(F)F)nc1-n1nccn1. The Kier molecular flexibility index (Phi) is 3.06. The van der Waals surface area contributed by atoms with Crippen LogP contribution in [0.15, 0.2) is 24.5 Å². The summed E-state index contributed by atoms with van der Waals surface area (Å²) in [5, 5.41) is 7.66. The summed E-state index contributed by atoms with van der Waals surface area (Å²) in [6.45, 7) is 3.74. The molecular formula is C11H11F3N4. The molecule has 0 fully saturated rings. The van der Waals surface area contributed by atoms with Crippen molar-refractivity contribution in [2.45, 2.75) is 25.9 Å². The second kappa shape index (κ2) is 4.40. The van der Waals surface area contributed by atoms with E-state index in [4.69, 9.17) is 0 Å². The van der Waals surface area contributed by atoms with E-state index in [1.807, 2.05) is 13.8 Å². The molecule has 0 aliphatic carbocycles. The summed E-state index contributed by atoms with van der Waals surface area (Å²) < 4.78 is 37.9. The second-order valence-electron chi connectivity index (χ2n) is 4.08. The Balaban J connectivity index is 2.59.